The maximum Gasteiger partial charge on any atom is 0.242 e. The largest absolute Gasteiger partial charge is 0.363 e. The lowest BCUT2D eigenvalue weighted by atomic mass is 10.1. The Labute approximate surface area is 116 Å². The molecule has 0 unspecified atom stereocenters. The van der Waals surface area contributed by atoms with Crippen LogP contribution in [0, 0.1) is 0 Å². The molecule has 0 aromatic carbocycles. The molecule has 1 aromatic rings. The highest BCUT2D eigenvalue weighted by atomic mass is 32.2. The number of hydrogen-bond acceptors (Lipinski definition) is 3. The summed E-state index contributed by atoms with van der Waals surface area (Å²) in [5.41, 5.74) is 6.16. The van der Waals surface area contributed by atoms with Gasteiger partial charge >= 0.3 is 0 Å². The summed E-state index contributed by atoms with van der Waals surface area (Å²) in [5, 5.41) is 0. The van der Waals surface area contributed by atoms with Crippen molar-refractivity contribution in [2.75, 3.05) is 6.54 Å². The van der Waals surface area contributed by atoms with Crippen molar-refractivity contribution >= 4 is 10.0 Å². The van der Waals surface area contributed by atoms with Crippen LogP contribution in [0.5, 0.6) is 0 Å². The second kappa shape index (κ2) is 8.35. The lowest BCUT2D eigenvalue weighted by molar-refractivity contribution is 0.568. The molecular weight excluding hydrogens is 262 g/mol. The number of sulfonamides is 1. The Morgan fingerprint density at radius 1 is 1.21 bits per heavy atom. The highest BCUT2D eigenvalue weighted by Gasteiger charge is 2.14. The topological polar surface area (TPSA) is 88.0 Å². The second-order valence-corrected chi connectivity index (χ2v) is 6.50. The number of hydrogen-bond donors (Lipinski definition) is 3. The van der Waals surface area contributed by atoms with Crippen LogP contribution in [-0.2, 0) is 16.6 Å². The number of unbranched alkanes of at least 4 members (excludes halogenated alkanes) is 5. The molecule has 4 N–H and O–H groups in total. The first-order chi connectivity index (χ1) is 9.10. The third kappa shape index (κ3) is 5.76. The summed E-state index contributed by atoms with van der Waals surface area (Å²) in [6, 6.07) is 1.57. The minimum Gasteiger partial charge on any atom is -0.363 e. The zero-order chi connectivity index (χ0) is 14.1. The summed E-state index contributed by atoms with van der Waals surface area (Å²) in [4.78, 5) is 3.11. The average molecular weight is 287 g/mol. The first-order valence-electron chi connectivity index (χ1n) is 6.97. The Morgan fingerprint density at radius 3 is 2.53 bits per heavy atom. The van der Waals surface area contributed by atoms with E-state index in [9.17, 15) is 8.42 Å². The number of aromatic nitrogens is 1. The van der Waals surface area contributed by atoms with Crippen molar-refractivity contribution in [1.29, 1.82) is 0 Å². The molecule has 0 aliphatic heterocycles. The monoisotopic (exact) mass is 287 g/mol. The number of nitrogens with one attached hydrogen (secondary N) is 2. The van der Waals surface area contributed by atoms with Crippen molar-refractivity contribution in [2.45, 2.75) is 56.9 Å². The Morgan fingerprint density at radius 2 is 1.89 bits per heavy atom. The van der Waals surface area contributed by atoms with Crippen LogP contribution in [-0.4, -0.2) is 19.9 Å². The summed E-state index contributed by atoms with van der Waals surface area (Å²) >= 11 is 0. The van der Waals surface area contributed by atoms with Crippen molar-refractivity contribution in [3.05, 3.63) is 18.0 Å². The van der Waals surface area contributed by atoms with E-state index in [0.29, 0.717) is 13.1 Å². The zero-order valence-electron chi connectivity index (χ0n) is 11.6. The first kappa shape index (κ1) is 16.2. The molecule has 0 aliphatic carbocycles. The van der Waals surface area contributed by atoms with Crippen LogP contribution in [0.15, 0.2) is 17.2 Å². The van der Waals surface area contributed by atoms with E-state index >= 15 is 0 Å². The predicted molar refractivity (Wildman–Crippen MR) is 77.2 cm³/mol. The minimum atomic E-state index is -3.38. The molecule has 0 saturated heterocycles. The number of nitrogens with two attached hydrogens (primary N) is 1. The highest BCUT2D eigenvalue weighted by Crippen LogP contribution is 2.10. The molecule has 110 valence electrons. The van der Waals surface area contributed by atoms with E-state index in [1.54, 1.807) is 6.07 Å². The fourth-order valence-corrected chi connectivity index (χ4v) is 2.98. The fraction of sp³-hybridized carbons (Fsp3) is 0.692. The van der Waals surface area contributed by atoms with Gasteiger partial charge in [-0.05, 0) is 12.5 Å². The molecule has 0 amide bonds. The van der Waals surface area contributed by atoms with E-state index < -0.39 is 10.0 Å². The lowest BCUT2D eigenvalue weighted by Gasteiger charge is -2.04. The number of aromatic amines is 1. The molecule has 0 saturated carbocycles. The molecule has 5 nitrogen and oxygen atoms in total. The normalized spacial score (nSPS) is 11.9. The van der Waals surface area contributed by atoms with Gasteiger partial charge in [0.05, 0.1) is 4.90 Å². The number of rotatable bonds is 10. The van der Waals surface area contributed by atoms with Crippen molar-refractivity contribution in [2.24, 2.45) is 5.73 Å². The van der Waals surface area contributed by atoms with Gasteiger partial charge in [-0.2, -0.15) is 0 Å². The average Bonchev–Trinajstić information content (AvgIpc) is 2.87. The van der Waals surface area contributed by atoms with Crippen LogP contribution in [0.1, 0.15) is 51.1 Å². The van der Waals surface area contributed by atoms with Crippen LogP contribution in [0.2, 0.25) is 0 Å². The van der Waals surface area contributed by atoms with E-state index in [1.807, 2.05) is 0 Å². The molecule has 0 fully saturated rings. The standard InChI is InChI=1S/C13H25N3O2S/c1-2-3-4-5-6-7-8-16-19(17,18)13-9-12(10-14)15-11-13/h9,11,15-16H,2-8,10,14H2,1H3. The Kier molecular flexibility index (Phi) is 7.12. The first-order valence-corrected chi connectivity index (χ1v) is 8.45. The third-order valence-corrected chi connectivity index (χ3v) is 4.51. The van der Waals surface area contributed by atoms with Gasteiger partial charge in [0.15, 0.2) is 0 Å². The predicted octanol–water partition coefficient (Wildman–Crippen LogP) is 2.11. The molecular formula is C13H25N3O2S. The summed E-state index contributed by atoms with van der Waals surface area (Å²) in [6.07, 6.45) is 8.34. The summed E-state index contributed by atoms with van der Waals surface area (Å²) in [5.74, 6) is 0. The van der Waals surface area contributed by atoms with Crippen molar-refractivity contribution in [3.8, 4) is 0 Å². The van der Waals surface area contributed by atoms with Crippen LogP contribution in [0.3, 0.4) is 0 Å². The zero-order valence-corrected chi connectivity index (χ0v) is 12.4. The van der Waals surface area contributed by atoms with Crippen LogP contribution in [0.4, 0.5) is 0 Å². The molecule has 6 heteroatoms. The van der Waals surface area contributed by atoms with Gasteiger partial charge < -0.3 is 10.7 Å². The summed E-state index contributed by atoms with van der Waals surface area (Å²) in [7, 11) is -3.38. The van der Waals surface area contributed by atoms with Crippen molar-refractivity contribution in [1.82, 2.24) is 9.71 Å². The Bertz CT molecular complexity index is 454. The SMILES string of the molecule is CCCCCCCCNS(=O)(=O)c1c[nH]c(CN)c1. The van der Waals surface area contributed by atoms with Gasteiger partial charge in [0.1, 0.15) is 0 Å². The molecule has 0 bridgehead atoms. The minimum absolute atomic E-state index is 0.263. The molecule has 0 aliphatic rings. The van der Waals surface area contributed by atoms with Gasteiger partial charge in [0, 0.05) is 25.0 Å². The Balaban J connectivity index is 2.27. The quantitative estimate of drug-likeness (QED) is 0.576. The maximum absolute atomic E-state index is 11.9. The van der Waals surface area contributed by atoms with Crippen LogP contribution in [0.25, 0.3) is 0 Å². The van der Waals surface area contributed by atoms with Crippen LogP contribution < -0.4 is 10.5 Å². The molecule has 0 spiro atoms. The maximum atomic E-state index is 11.9. The third-order valence-electron chi connectivity index (χ3n) is 3.07. The number of H-pyrrole nitrogens is 1. The Hall–Kier alpha value is -0.850. The van der Waals surface area contributed by atoms with Gasteiger partial charge in [0.2, 0.25) is 10.0 Å². The molecule has 0 radical (unpaired) electrons. The van der Waals surface area contributed by atoms with E-state index in [0.717, 1.165) is 18.5 Å². The summed E-state index contributed by atoms with van der Waals surface area (Å²) in [6.45, 7) is 2.99. The fourth-order valence-electron chi connectivity index (χ4n) is 1.89. The van der Waals surface area contributed by atoms with Crippen LogP contribution >= 0.6 is 0 Å². The highest BCUT2D eigenvalue weighted by molar-refractivity contribution is 7.89. The van der Waals surface area contributed by atoms with Crippen molar-refractivity contribution < 1.29 is 8.42 Å². The van der Waals surface area contributed by atoms with E-state index in [4.69, 9.17) is 5.73 Å². The van der Waals surface area contributed by atoms with Gasteiger partial charge in [0.25, 0.3) is 0 Å². The molecule has 0 atom stereocenters. The van der Waals surface area contributed by atoms with E-state index in [1.165, 1.54) is 31.9 Å². The van der Waals surface area contributed by atoms with E-state index in [-0.39, 0.29) is 4.90 Å². The molecule has 19 heavy (non-hydrogen) atoms. The second-order valence-electron chi connectivity index (χ2n) is 4.73. The molecule has 1 rings (SSSR count). The smallest absolute Gasteiger partial charge is 0.242 e. The molecule has 1 heterocycles. The lowest BCUT2D eigenvalue weighted by Crippen LogP contribution is -2.24. The van der Waals surface area contributed by atoms with Gasteiger partial charge in [-0.1, -0.05) is 39.0 Å². The van der Waals surface area contributed by atoms with E-state index in [2.05, 4.69) is 16.6 Å². The van der Waals surface area contributed by atoms with Gasteiger partial charge in [-0.15, -0.1) is 0 Å². The van der Waals surface area contributed by atoms with Gasteiger partial charge in [-0.3, -0.25) is 0 Å². The summed E-state index contributed by atoms with van der Waals surface area (Å²) < 4.78 is 26.5. The van der Waals surface area contributed by atoms with Gasteiger partial charge in [-0.25, -0.2) is 13.1 Å². The van der Waals surface area contributed by atoms with Crippen molar-refractivity contribution in [3.63, 3.8) is 0 Å². The molecule has 1 aromatic heterocycles.